The van der Waals surface area contributed by atoms with Crippen LogP contribution in [-0.2, 0) is 22.7 Å². The zero-order valence-electron chi connectivity index (χ0n) is 20.2. The molecule has 0 bridgehead atoms. The maximum absolute atomic E-state index is 14.8. The van der Waals surface area contributed by atoms with Crippen LogP contribution in [0.5, 0.6) is 5.75 Å². The summed E-state index contributed by atoms with van der Waals surface area (Å²) in [6.07, 6.45) is 3.27. The Morgan fingerprint density at radius 1 is 1.26 bits per heavy atom. The van der Waals surface area contributed by atoms with Crippen molar-refractivity contribution in [2.75, 3.05) is 18.0 Å². The van der Waals surface area contributed by atoms with E-state index in [0.29, 0.717) is 36.7 Å². The minimum absolute atomic E-state index is 0.0518. The molecule has 1 aromatic heterocycles. The molecule has 3 aromatic rings. The third kappa shape index (κ3) is 6.90. The summed E-state index contributed by atoms with van der Waals surface area (Å²) in [4.78, 5) is 18.8. The molecule has 1 saturated heterocycles. The fraction of sp³-hybridized carbons (Fsp3) is 0.333. The van der Waals surface area contributed by atoms with Crippen molar-refractivity contribution in [3.8, 4) is 5.75 Å². The zero-order valence-corrected chi connectivity index (χ0v) is 21.0. The number of amides is 1. The van der Waals surface area contributed by atoms with Gasteiger partial charge in [-0.25, -0.2) is 9.37 Å². The second-order valence-electron chi connectivity index (χ2n) is 8.68. The molecule has 0 radical (unpaired) electrons. The zero-order chi connectivity index (χ0) is 24.8. The van der Waals surface area contributed by atoms with E-state index in [4.69, 9.17) is 9.47 Å². The largest absolute Gasteiger partial charge is 0.487 e. The quantitative estimate of drug-likeness (QED) is 0.440. The third-order valence-corrected chi connectivity index (χ3v) is 6.44. The number of anilines is 1. The number of hydrogen-bond acceptors (Lipinski definition) is 6. The van der Waals surface area contributed by atoms with Crippen molar-refractivity contribution in [3.05, 3.63) is 81.6 Å². The molecule has 1 fully saturated rings. The van der Waals surface area contributed by atoms with E-state index in [-0.39, 0.29) is 30.5 Å². The van der Waals surface area contributed by atoms with Crippen molar-refractivity contribution in [2.45, 2.75) is 46.1 Å². The highest BCUT2D eigenvalue weighted by Gasteiger charge is 2.24. The molecule has 1 aliphatic heterocycles. The van der Waals surface area contributed by atoms with Gasteiger partial charge < -0.3 is 19.7 Å². The standard InChI is InChI=1S/C27H30FN3O3S/c1-18-14-31(15-19(2)34-18)25-10-8-21(12-24(25)28)13-29-27(32)11-9-22-6-4-5-7-26(22)33-16-23-17-35-20(3)30-23/h4-12,17-19H,13-16H2,1-3H3,(H,29,32). The molecule has 1 amide bonds. The van der Waals surface area contributed by atoms with Gasteiger partial charge in [0.05, 0.1) is 28.6 Å². The van der Waals surface area contributed by atoms with E-state index in [1.807, 2.05) is 61.4 Å². The van der Waals surface area contributed by atoms with E-state index >= 15 is 0 Å². The molecule has 1 aliphatic rings. The number of nitrogens with one attached hydrogen (secondary N) is 1. The van der Waals surface area contributed by atoms with Gasteiger partial charge in [0.1, 0.15) is 18.2 Å². The smallest absolute Gasteiger partial charge is 0.244 e. The lowest BCUT2D eigenvalue weighted by molar-refractivity contribution is -0.116. The highest BCUT2D eigenvalue weighted by atomic mass is 32.1. The molecule has 35 heavy (non-hydrogen) atoms. The van der Waals surface area contributed by atoms with Crippen molar-refractivity contribution in [3.63, 3.8) is 0 Å². The van der Waals surface area contributed by atoms with Gasteiger partial charge in [0.15, 0.2) is 0 Å². The predicted molar refractivity (Wildman–Crippen MR) is 137 cm³/mol. The van der Waals surface area contributed by atoms with Crippen molar-refractivity contribution in [1.82, 2.24) is 10.3 Å². The Morgan fingerprint density at radius 2 is 2.03 bits per heavy atom. The highest BCUT2D eigenvalue weighted by Crippen LogP contribution is 2.25. The van der Waals surface area contributed by atoms with Crippen LogP contribution in [-0.4, -0.2) is 36.2 Å². The molecule has 0 spiro atoms. The number of morpholine rings is 1. The lowest BCUT2D eigenvalue weighted by atomic mass is 10.1. The molecule has 0 aliphatic carbocycles. The summed E-state index contributed by atoms with van der Waals surface area (Å²) in [6, 6.07) is 12.6. The van der Waals surface area contributed by atoms with Crippen LogP contribution < -0.4 is 15.0 Å². The second-order valence-corrected chi connectivity index (χ2v) is 9.75. The molecule has 8 heteroatoms. The Bertz CT molecular complexity index is 1190. The van der Waals surface area contributed by atoms with Crippen LogP contribution in [0.2, 0.25) is 0 Å². The Kier molecular flexibility index (Phi) is 8.15. The van der Waals surface area contributed by atoms with Gasteiger partial charge >= 0.3 is 0 Å². The van der Waals surface area contributed by atoms with E-state index in [1.165, 1.54) is 12.1 Å². The maximum atomic E-state index is 14.8. The van der Waals surface area contributed by atoms with Crippen LogP contribution in [0.15, 0.2) is 53.9 Å². The molecular weight excluding hydrogens is 465 g/mol. The summed E-state index contributed by atoms with van der Waals surface area (Å²) in [6.45, 7) is 7.84. The predicted octanol–water partition coefficient (Wildman–Crippen LogP) is 5.11. The van der Waals surface area contributed by atoms with Gasteiger partial charge in [-0.15, -0.1) is 11.3 Å². The second kappa shape index (κ2) is 11.5. The molecular formula is C27H30FN3O3S. The number of nitrogens with zero attached hydrogens (tertiary/aromatic N) is 2. The topological polar surface area (TPSA) is 63.7 Å². The van der Waals surface area contributed by atoms with Crippen molar-refractivity contribution < 1.29 is 18.7 Å². The number of hydrogen-bond donors (Lipinski definition) is 1. The molecule has 0 saturated carbocycles. The number of aryl methyl sites for hydroxylation is 1. The molecule has 2 aromatic carbocycles. The Labute approximate surface area is 209 Å². The first-order chi connectivity index (χ1) is 16.9. The van der Waals surface area contributed by atoms with E-state index in [9.17, 15) is 9.18 Å². The number of ether oxygens (including phenoxy) is 2. The van der Waals surface area contributed by atoms with Gasteiger partial charge in [0, 0.05) is 36.7 Å². The highest BCUT2D eigenvalue weighted by molar-refractivity contribution is 7.09. The maximum Gasteiger partial charge on any atom is 0.244 e. The number of para-hydroxylation sites is 1. The van der Waals surface area contributed by atoms with Gasteiger partial charge in [0.25, 0.3) is 0 Å². The normalized spacial score (nSPS) is 18.1. The first kappa shape index (κ1) is 24.9. The Hall–Kier alpha value is -3.23. The summed E-state index contributed by atoms with van der Waals surface area (Å²) < 4.78 is 26.4. The summed E-state index contributed by atoms with van der Waals surface area (Å²) in [5.74, 6) is 0.108. The molecule has 1 N–H and O–H groups in total. The summed E-state index contributed by atoms with van der Waals surface area (Å²) >= 11 is 1.58. The molecule has 2 unspecified atom stereocenters. The molecule has 184 valence electrons. The lowest BCUT2D eigenvalue weighted by Crippen LogP contribution is -2.45. The van der Waals surface area contributed by atoms with Crippen LogP contribution in [0.1, 0.15) is 35.7 Å². The minimum Gasteiger partial charge on any atom is -0.487 e. The Morgan fingerprint density at radius 3 is 2.74 bits per heavy atom. The van der Waals surface area contributed by atoms with Crippen molar-refractivity contribution in [1.29, 1.82) is 0 Å². The number of rotatable bonds is 8. The van der Waals surface area contributed by atoms with Crippen LogP contribution in [0.25, 0.3) is 6.08 Å². The molecule has 2 atom stereocenters. The molecule has 2 heterocycles. The van der Waals surface area contributed by atoms with Crippen LogP contribution >= 0.6 is 11.3 Å². The van der Waals surface area contributed by atoms with E-state index in [1.54, 1.807) is 23.5 Å². The fourth-order valence-corrected chi connectivity index (χ4v) is 4.68. The van der Waals surface area contributed by atoms with Gasteiger partial charge in [-0.1, -0.05) is 24.3 Å². The fourth-order valence-electron chi connectivity index (χ4n) is 4.08. The van der Waals surface area contributed by atoms with Gasteiger partial charge in [-0.05, 0) is 50.6 Å². The van der Waals surface area contributed by atoms with Crippen molar-refractivity contribution in [2.24, 2.45) is 0 Å². The average Bonchev–Trinajstić information content (AvgIpc) is 3.25. The number of carbonyl (C=O) groups excluding carboxylic acids is 1. The van der Waals surface area contributed by atoms with E-state index in [2.05, 4.69) is 10.3 Å². The average molecular weight is 496 g/mol. The number of thiazole rings is 1. The SMILES string of the molecule is Cc1nc(COc2ccccc2C=CC(=O)NCc2ccc(N3CC(C)OC(C)C3)c(F)c2)cs1. The molecule has 4 rings (SSSR count). The number of aromatic nitrogens is 1. The summed E-state index contributed by atoms with van der Waals surface area (Å²) in [5, 5.41) is 5.78. The van der Waals surface area contributed by atoms with Gasteiger partial charge in [0.2, 0.25) is 5.91 Å². The van der Waals surface area contributed by atoms with Gasteiger partial charge in [-0.2, -0.15) is 0 Å². The van der Waals surface area contributed by atoms with Crippen LogP contribution in [0.4, 0.5) is 10.1 Å². The third-order valence-electron chi connectivity index (χ3n) is 5.61. The Balaban J connectivity index is 1.32. The van der Waals surface area contributed by atoms with E-state index in [0.717, 1.165) is 16.3 Å². The number of carbonyl (C=O) groups is 1. The first-order valence-electron chi connectivity index (χ1n) is 11.6. The van der Waals surface area contributed by atoms with Crippen LogP contribution in [0, 0.1) is 12.7 Å². The summed E-state index contributed by atoms with van der Waals surface area (Å²) in [7, 11) is 0. The van der Waals surface area contributed by atoms with Gasteiger partial charge in [-0.3, -0.25) is 4.79 Å². The van der Waals surface area contributed by atoms with Crippen molar-refractivity contribution >= 4 is 29.0 Å². The minimum atomic E-state index is -0.296. The first-order valence-corrected chi connectivity index (χ1v) is 12.5. The lowest BCUT2D eigenvalue weighted by Gasteiger charge is -2.37. The monoisotopic (exact) mass is 495 g/mol. The number of benzene rings is 2. The molecule has 6 nitrogen and oxygen atoms in total. The van der Waals surface area contributed by atoms with E-state index < -0.39 is 0 Å². The number of halogens is 1. The summed E-state index contributed by atoms with van der Waals surface area (Å²) in [5.41, 5.74) is 2.93. The van der Waals surface area contributed by atoms with Crippen LogP contribution in [0.3, 0.4) is 0 Å².